The van der Waals surface area contributed by atoms with Crippen LogP contribution in [0.4, 0.5) is 5.69 Å². The lowest BCUT2D eigenvalue weighted by Crippen LogP contribution is -2.30. The first-order valence-corrected chi connectivity index (χ1v) is 6.39. The Kier molecular flexibility index (Phi) is 3.57. The van der Waals surface area contributed by atoms with Gasteiger partial charge in [-0.2, -0.15) is 0 Å². The molecule has 0 saturated carbocycles. The molecule has 2 rings (SSSR count). The first-order valence-electron chi connectivity index (χ1n) is 5.60. The Morgan fingerprint density at radius 3 is 2.79 bits per heavy atom. The second kappa shape index (κ2) is 5.00. The summed E-state index contributed by atoms with van der Waals surface area (Å²) >= 11 is 3.09. The van der Waals surface area contributed by atoms with Gasteiger partial charge in [0.2, 0.25) is 0 Å². The molecule has 0 aliphatic carbocycles. The van der Waals surface area contributed by atoms with Crippen LogP contribution in [0.5, 0.6) is 0 Å². The molecule has 100 valence electrons. The number of nitrogens with one attached hydrogen (secondary N) is 1. The number of hydrogen-bond donors (Lipinski definition) is 2. The fraction of sp³-hybridized carbons (Fsp3) is 0.250. The molecule has 2 heterocycles. The van der Waals surface area contributed by atoms with Crippen molar-refractivity contribution in [3.63, 3.8) is 0 Å². The van der Waals surface area contributed by atoms with Crippen molar-refractivity contribution in [2.24, 2.45) is 0 Å². The molecule has 0 radical (unpaired) electrons. The first kappa shape index (κ1) is 13.5. The number of anilines is 1. The van der Waals surface area contributed by atoms with E-state index in [2.05, 4.69) is 25.9 Å². The Morgan fingerprint density at radius 1 is 1.42 bits per heavy atom. The molecule has 2 aromatic heterocycles. The smallest absolute Gasteiger partial charge is 0.328 e. The van der Waals surface area contributed by atoms with Gasteiger partial charge >= 0.3 is 5.69 Å². The van der Waals surface area contributed by atoms with Gasteiger partial charge in [-0.1, -0.05) is 0 Å². The molecule has 0 aliphatic rings. The average molecular weight is 325 g/mol. The molecule has 2 aromatic rings. The van der Waals surface area contributed by atoms with Crippen LogP contribution < -0.4 is 17.0 Å². The van der Waals surface area contributed by atoms with E-state index >= 15 is 0 Å². The molecular weight excluding hydrogens is 312 g/mol. The van der Waals surface area contributed by atoms with Crippen molar-refractivity contribution in [2.75, 3.05) is 5.73 Å². The number of aromatic nitrogens is 3. The molecule has 19 heavy (non-hydrogen) atoms. The van der Waals surface area contributed by atoms with Crippen LogP contribution in [0.3, 0.4) is 0 Å². The zero-order valence-corrected chi connectivity index (χ0v) is 12.1. The maximum atomic E-state index is 11.7. The number of nitrogen functional groups attached to an aromatic ring is 1. The Labute approximate surface area is 117 Å². The Hall–Kier alpha value is -1.89. The molecule has 3 N–H and O–H groups in total. The lowest BCUT2D eigenvalue weighted by atomic mass is 10.1. The van der Waals surface area contributed by atoms with Crippen molar-refractivity contribution in [3.8, 4) is 0 Å². The molecule has 7 heteroatoms. The number of H-pyrrole nitrogens is 1. The van der Waals surface area contributed by atoms with Crippen LogP contribution in [0.2, 0.25) is 0 Å². The Balaban J connectivity index is 2.48. The Morgan fingerprint density at radius 2 is 2.11 bits per heavy atom. The van der Waals surface area contributed by atoms with Gasteiger partial charge in [-0.3, -0.25) is 19.3 Å². The van der Waals surface area contributed by atoms with E-state index in [0.717, 1.165) is 11.1 Å². The van der Waals surface area contributed by atoms with Crippen molar-refractivity contribution < 1.29 is 0 Å². The van der Waals surface area contributed by atoms with E-state index < -0.39 is 11.2 Å². The third-order valence-electron chi connectivity index (χ3n) is 2.96. The van der Waals surface area contributed by atoms with Crippen LogP contribution in [0.15, 0.2) is 26.5 Å². The van der Waals surface area contributed by atoms with Gasteiger partial charge in [0.05, 0.1) is 16.7 Å². The zero-order chi connectivity index (χ0) is 14.2. The van der Waals surface area contributed by atoms with Gasteiger partial charge in [0.15, 0.2) is 0 Å². The van der Waals surface area contributed by atoms with E-state index in [4.69, 9.17) is 5.73 Å². The number of halogens is 1. The van der Waals surface area contributed by atoms with E-state index in [1.165, 1.54) is 10.8 Å². The number of hydrogen-bond acceptors (Lipinski definition) is 4. The van der Waals surface area contributed by atoms with Crippen LogP contribution in [0.25, 0.3) is 0 Å². The summed E-state index contributed by atoms with van der Waals surface area (Å²) in [7, 11) is 0. The Bertz CT molecular complexity index is 748. The van der Waals surface area contributed by atoms with E-state index in [9.17, 15) is 9.59 Å². The second-order valence-corrected chi connectivity index (χ2v) is 5.15. The highest BCUT2D eigenvalue weighted by atomic mass is 79.9. The molecule has 0 unspecified atom stereocenters. The average Bonchev–Trinajstić information content (AvgIpc) is 2.36. The van der Waals surface area contributed by atoms with Gasteiger partial charge in [0.1, 0.15) is 0 Å². The summed E-state index contributed by atoms with van der Waals surface area (Å²) in [5.41, 5.74) is 8.11. The minimum atomic E-state index is -0.478. The van der Waals surface area contributed by atoms with Gasteiger partial charge in [-0.25, -0.2) is 4.79 Å². The molecule has 0 fully saturated rings. The van der Waals surface area contributed by atoms with Crippen molar-refractivity contribution in [1.29, 1.82) is 0 Å². The predicted molar refractivity (Wildman–Crippen MR) is 76.2 cm³/mol. The molecule has 0 saturated heterocycles. The van der Waals surface area contributed by atoms with Crippen LogP contribution >= 0.6 is 15.9 Å². The zero-order valence-electron chi connectivity index (χ0n) is 10.5. The summed E-state index contributed by atoms with van der Waals surface area (Å²) in [6.07, 6.45) is 3.11. The lowest BCUT2D eigenvalue weighted by molar-refractivity contribution is 0.697. The number of rotatable bonds is 2. The van der Waals surface area contributed by atoms with E-state index in [1.807, 2.05) is 13.8 Å². The minimum Gasteiger partial charge on any atom is -0.398 e. The number of nitrogens with zero attached hydrogens (tertiary/aromatic N) is 2. The lowest BCUT2D eigenvalue weighted by Gasteiger charge is -2.11. The predicted octanol–water partition coefficient (Wildman–Crippen LogP) is 0.941. The topological polar surface area (TPSA) is 93.8 Å². The van der Waals surface area contributed by atoms with E-state index in [-0.39, 0.29) is 6.54 Å². The summed E-state index contributed by atoms with van der Waals surface area (Å²) < 4.78 is 1.67. The van der Waals surface area contributed by atoms with Gasteiger partial charge in [0, 0.05) is 18.1 Å². The molecule has 0 atom stereocenters. The molecule has 0 amide bonds. The monoisotopic (exact) mass is 324 g/mol. The maximum Gasteiger partial charge on any atom is 0.328 e. The standard InChI is InChI=1S/C12H13BrN4O2/c1-6-3-15-9(7(2)10(6)14)5-17-4-8(13)11(18)16-12(17)19/h3-4H,5H2,1-2H3,(H2,14,15)(H,16,18,19). The third-order valence-corrected chi connectivity index (χ3v) is 3.53. The molecule has 0 bridgehead atoms. The third kappa shape index (κ3) is 2.60. The molecular formula is C12H13BrN4O2. The number of aryl methyl sites for hydroxylation is 1. The first-order chi connectivity index (χ1) is 8.90. The van der Waals surface area contributed by atoms with Crippen LogP contribution in [-0.2, 0) is 6.54 Å². The molecule has 0 spiro atoms. The highest BCUT2D eigenvalue weighted by Gasteiger charge is 2.09. The van der Waals surface area contributed by atoms with Crippen molar-refractivity contribution in [2.45, 2.75) is 20.4 Å². The fourth-order valence-corrected chi connectivity index (χ4v) is 2.06. The normalized spacial score (nSPS) is 10.7. The summed E-state index contributed by atoms with van der Waals surface area (Å²) in [6.45, 7) is 3.99. The quantitative estimate of drug-likeness (QED) is 0.859. The van der Waals surface area contributed by atoms with Crippen molar-refractivity contribution in [1.82, 2.24) is 14.5 Å². The van der Waals surface area contributed by atoms with Crippen LogP contribution in [-0.4, -0.2) is 14.5 Å². The highest BCUT2D eigenvalue weighted by Crippen LogP contribution is 2.18. The number of pyridine rings is 1. The van der Waals surface area contributed by atoms with Gasteiger partial charge in [-0.15, -0.1) is 0 Å². The maximum absolute atomic E-state index is 11.7. The largest absolute Gasteiger partial charge is 0.398 e. The molecule has 0 aliphatic heterocycles. The number of nitrogens with two attached hydrogens (primary N) is 1. The van der Waals surface area contributed by atoms with Crippen LogP contribution in [0, 0.1) is 13.8 Å². The van der Waals surface area contributed by atoms with E-state index in [0.29, 0.717) is 15.9 Å². The van der Waals surface area contributed by atoms with Crippen LogP contribution in [0.1, 0.15) is 16.8 Å². The van der Waals surface area contributed by atoms with Gasteiger partial charge in [0.25, 0.3) is 5.56 Å². The summed E-state index contributed by atoms with van der Waals surface area (Å²) in [5.74, 6) is 0. The van der Waals surface area contributed by atoms with Gasteiger partial charge in [-0.05, 0) is 40.9 Å². The summed E-state index contributed by atoms with van der Waals surface area (Å²) in [4.78, 5) is 29.4. The summed E-state index contributed by atoms with van der Waals surface area (Å²) in [5, 5.41) is 0. The van der Waals surface area contributed by atoms with Gasteiger partial charge < -0.3 is 5.73 Å². The van der Waals surface area contributed by atoms with E-state index in [1.54, 1.807) is 6.20 Å². The fourth-order valence-electron chi connectivity index (χ4n) is 1.71. The minimum absolute atomic E-state index is 0.254. The number of aromatic amines is 1. The highest BCUT2D eigenvalue weighted by molar-refractivity contribution is 9.10. The summed E-state index contributed by atoms with van der Waals surface area (Å²) in [6, 6.07) is 0. The van der Waals surface area contributed by atoms with Crippen molar-refractivity contribution >= 4 is 21.6 Å². The second-order valence-electron chi connectivity index (χ2n) is 4.29. The van der Waals surface area contributed by atoms with Crippen molar-refractivity contribution in [3.05, 3.63) is 54.5 Å². The molecule has 6 nitrogen and oxygen atoms in total. The molecule has 0 aromatic carbocycles. The SMILES string of the molecule is Cc1cnc(Cn2cc(Br)c(=O)[nH]c2=O)c(C)c1N.